The van der Waals surface area contributed by atoms with Crippen LogP contribution in [0.5, 0.6) is 5.75 Å². The van der Waals surface area contributed by atoms with E-state index in [2.05, 4.69) is 5.32 Å². The van der Waals surface area contributed by atoms with Gasteiger partial charge in [0, 0.05) is 21.0 Å². The van der Waals surface area contributed by atoms with Crippen LogP contribution >= 0.6 is 0 Å². The van der Waals surface area contributed by atoms with Crippen LogP contribution in [0.3, 0.4) is 0 Å². The first-order chi connectivity index (χ1) is 11.0. The number of hydrogen-bond donors (Lipinski definition) is 2. The van der Waals surface area contributed by atoms with E-state index in [1.54, 1.807) is 6.07 Å². The van der Waals surface area contributed by atoms with Crippen LogP contribution in [0, 0.1) is 0 Å². The number of fused-ring (bicyclic) bond motifs is 1. The highest BCUT2D eigenvalue weighted by Gasteiger charge is 2.40. The molecule has 5 heteroatoms. The fourth-order valence-electron chi connectivity index (χ4n) is 2.98. The van der Waals surface area contributed by atoms with Gasteiger partial charge in [0.25, 0.3) is 5.91 Å². The fourth-order valence-corrected chi connectivity index (χ4v) is 2.98. The minimum absolute atomic E-state index is 0. The van der Waals surface area contributed by atoms with Crippen LogP contribution in [-0.2, 0) is 5.41 Å². The summed E-state index contributed by atoms with van der Waals surface area (Å²) in [5.41, 5.74) is 7.49. The molecule has 3 N–H and O–H groups in total. The number of amides is 2. The van der Waals surface area contributed by atoms with Gasteiger partial charge in [-0.3, -0.25) is 9.59 Å². The molecule has 0 saturated carbocycles. The van der Waals surface area contributed by atoms with E-state index < -0.39 is 11.3 Å². The second kappa shape index (κ2) is 5.43. The second-order valence-electron chi connectivity index (χ2n) is 5.83. The molecule has 0 aromatic heterocycles. The first-order valence-electron chi connectivity index (χ1n) is 7.36. The molecule has 2 aromatic rings. The maximum Gasteiger partial charge on any atom is 0.254 e. The summed E-state index contributed by atoms with van der Waals surface area (Å²) >= 11 is 0. The third kappa shape index (κ3) is 2.34. The minimum atomic E-state index is -0.569. The molecule has 0 radical (unpaired) electrons. The molecule has 0 fully saturated rings. The van der Waals surface area contributed by atoms with Gasteiger partial charge in [-0.2, -0.15) is 0 Å². The fraction of sp³-hybridized carbons (Fsp3) is 0.222. The van der Waals surface area contributed by atoms with Crippen LogP contribution < -0.4 is 15.8 Å². The first kappa shape index (κ1) is 15.1. The largest absolute Gasteiger partial charge is 0.491 e. The van der Waals surface area contributed by atoms with Crippen molar-refractivity contribution in [3.63, 3.8) is 0 Å². The number of hydrogen-bond acceptors (Lipinski definition) is 3. The Kier molecular flexibility index (Phi) is 3.56. The van der Waals surface area contributed by atoms with Crippen LogP contribution in [0.15, 0.2) is 42.5 Å². The molecule has 1 aliphatic heterocycles. The van der Waals surface area contributed by atoms with Gasteiger partial charge in [-0.05, 0) is 24.6 Å². The Hall–Kier alpha value is -2.82. The van der Waals surface area contributed by atoms with Gasteiger partial charge in [0.15, 0.2) is 0 Å². The summed E-state index contributed by atoms with van der Waals surface area (Å²) in [5.74, 6) is -0.359. The molecule has 2 aromatic carbocycles. The maximum atomic E-state index is 12.2. The number of nitrogens with one attached hydrogen (secondary N) is 1. The summed E-state index contributed by atoms with van der Waals surface area (Å²) < 4.78 is 5.84. The number of rotatable bonds is 3. The van der Waals surface area contributed by atoms with Gasteiger partial charge in [-0.25, -0.2) is 0 Å². The molecular weight excluding hydrogens is 292 g/mol. The Morgan fingerprint density at radius 3 is 2.57 bits per heavy atom. The Bertz CT molecular complexity index is 796. The van der Waals surface area contributed by atoms with E-state index in [1.807, 2.05) is 37.3 Å². The smallest absolute Gasteiger partial charge is 0.254 e. The van der Waals surface area contributed by atoms with E-state index in [0.29, 0.717) is 23.5 Å². The van der Waals surface area contributed by atoms with E-state index in [-0.39, 0.29) is 8.76 Å². The molecule has 2 amide bonds. The maximum absolute atomic E-state index is 12.2. The van der Waals surface area contributed by atoms with E-state index in [9.17, 15) is 9.59 Å². The first-order valence-corrected chi connectivity index (χ1v) is 7.36. The van der Waals surface area contributed by atoms with E-state index >= 15 is 0 Å². The lowest BCUT2D eigenvalue weighted by Crippen LogP contribution is -2.26. The predicted octanol–water partition coefficient (Wildman–Crippen LogP) is 2.34. The summed E-state index contributed by atoms with van der Waals surface area (Å²) in [4.78, 5) is 23.8. The van der Waals surface area contributed by atoms with Gasteiger partial charge < -0.3 is 15.8 Å². The minimum Gasteiger partial charge on any atom is -0.491 e. The van der Waals surface area contributed by atoms with Crippen LogP contribution in [0.2, 0.25) is 0 Å². The molecule has 23 heavy (non-hydrogen) atoms. The molecule has 1 aliphatic rings. The van der Waals surface area contributed by atoms with Crippen molar-refractivity contribution in [2.45, 2.75) is 12.3 Å². The Morgan fingerprint density at radius 1 is 1.26 bits per heavy atom. The van der Waals surface area contributed by atoms with Crippen molar-refractivity contribution in [3.8, 4) is 5.75 Å². The molecule has 0 spiro atoms. The summed E-state index contributed by atoms with van der Waals surface area (Å²) in [7, 11) is 1.54. The standard InChI is InChI=1S/C18H18N2O3.2H2/c1-18(12-6-4-3-5-7-12)10-23-15-13(17(22)20-2)8-11(16(19)21)9-14(15)18;;/h3-9H,10H2,1-2H3,(H2,19,21)(H,20,22);2*1H. The third-order valence-corrected chi connectivity index (χ3v) is 4.36. The highest BCUT2D eigenvalue weighted by atomic mass is 16.5. The predicted molar refractivity (Wildman–Crippen MR) is 91.0 cm³/mol. The zero-order chi connectivity index (χ0) is 16.6. The third-order valence-electron chi connectivity index (χ3n) is 4.36. The summed E-state index contributed by atoms with van der Waals surface area (Å²) in [6, 6.07) is 13.1. The van der Waals surface area contributed by atoms with Gasteiger partial charge >= 0.3 is 0 Å². The van der Waals surface area contributed by atoms with E-state index in [4.69, 9.17) is 10.5 Å². The Labute approximate surface area is 137 Å². The topological polar surface area (TPSA) is 81.4 Å². The van der Waals surface area contributed by atoms with Crippen LogP contribution in [0.4, 0.5) is 0 Å². The van der Waals surface area contributed by atoms with Gasteiger partial charge in [0.2, 0.25) is 5.91 Å². The average molecular weight is 314 g/mol. The van der Waals surface area contributed by atoms with Crippen LogP contribution in [-0.4, -0.2) is 25.5 Å². The Morgan fingerprint density at radius 2 is 1.96 bits per heavy atom. The molecule has 0 aliphatic carbocycles. The van der Waals surface area contributed by atoms with Gasteiger partial charge in [0.05, 0.1) is 11.0 Å². The molecule has 122 valence electrons. The molecule has 5 nitrogen and oxygen atoms in total. The highest BCUT2D eigenvalue weighted by Crippen LogP contribution is 2.45. The van der Waals surface area contributed by atoms with Crippen molar-refractivity contribution in [2.75, 3.05) is 13.7 Å². The van der Waals surface area contributed by atoms with Crippen molar-refractivity contribution in [1.29, 1.82) is 0 Å². The molecule has 0 saturated heterocycles. The monoisotopic (exact) mass is 314 g/mol. The van der Waals surface area contributed by atoms with Crippen molar-refractivity contribution in [2.24, 2.45) is 5.73 Å². The number of carbonyl (C=O) groups is 2. The van der Waals surface area contributed by atoms with E-state index in [0.717, 1.165) is 11.1 Å². The van der Waals surface area contributed by atoms with Crippen LogP contribution in [0.25, 0.3) is 0 Å². The molecule has 1 heterocycles. The normalized spacial score (nSPS) is 18.9. The van der Waals surface area contributed by atoms with Crippen molar-refractivity contribution < 1.29 is 17.2 Å². The van der Waals surface area contributed by atoms with Gasteiger partial charge in [-0.1, -0.05) is 30.3 Å². The second-order valence-corrected chi connectivity index (χ2v) is 5.83. The summed E-state index contributed by atoms with van der Waals surface area (Å²) in [5, 5.41) is 2.57. The lowest BCUT2D eigenvalue weighted by atomic mass is 9.77. The van der Waals surface area contributed by atoms with Crippen molar-refractivity contribution in [1.82, 2.24) is 5.32 Å². The lowest BCUT2D eigenvalue weighted by Gasteiger charge is -2.23. The van der Waals surface area contributed by atoms with Gasteiger partial charge in [0.1, 0.15) is 12.4 Å². The molecular formula is C18H22N2O3. The highest BCUT2D eigenvalue weighted by molar-refractivity contribution is 6.02. The number of carbonyl (C=O) groups excluding carboxylic acids is 2. The van der Waals surface area contributed by atoms with Crippen molar-refractivity contribution in [3.05, 3.63) is 64.7 Å². The number of nitrogens with two attached hydrogens (primary N) is 1. The molecule has 1 atom stereocenters. The molecule has 1 unspecified atom stereocenters. The van der Waals surface area contributed by atoms with E-state index in [1.165, 1.54) is 13.1 Å². The quantitative estimate of drug-likeness (QED) is 0.912. The van der Waals surface area contributed by atoms with Crippen molar-refractivity contribution >= 4 is 11.8 Å². The molecule has 3 rings (SSSR count). The average Bonchev–Trinajstić information content (AvgIpc) is 2.92. The van der Waals surface area contributed by atoms with Gasteiger partial charge in [-0.15, -0.1) is 0 Å². The summed E-state index contributed by atoms with van der Waals surface area (Å²) in [6.45, 7) is 2.44. The zero-order valence-corrected chi connectivity index (χ0v) is 13.1. The lowest BCUT2D eigenvalue weighted by molar-refractivity contribution is 0.0959. The summed E-state index contributed by atoms with van der Waals surface area (Å²) in [6.07, 6.45) is 0. The molecule has 0 bridgehead atoms. The zero-order valence-electron chi connectivity index (χ0n) is 13.1. The SMILES string of the molecule is CNC(=O)c1cc(C(N)=O)cc2c1OCC2(C)c1ccccc1.[HH].[HH]. The van der Waals surface area contributed by atoms with Crippen LogP contribution in [0.1, 0.15) is 41.6 Å². The number of ether oxygens (including phenoxy) is 1. The Balaban J connectivity index is 0.00000156. The number of primary amides is 1. The number of benzene rings is 2.